The van der Waals surface area contributed by atoms with Crippen LogP contribution in [0, 0.1) is 0 Å². The first-order valence-corrected chi connectivity index (χ1v) is 8.38. The quantitative estimate of drug-likeness (QED) is 0.809. The molecule has 116 valence electrons. The molecule has 4 heteroatoms. The Bertz CT molecular complexity index is 322. The van der Waals surface area contributed by atoms with Gasteiger partial charge < -0.3 is 10.6 Å². The second kappa shape index (κ2) is 6.90. The summed E-state index contributed by atoms with van der Waals surface area (Å²) in [5.41, 5.74) is -0.0422. The third kappa shape index (κ3) is 3.53. The molecule has 1 unspecified atom stereocenters. The Kier molecular flexibility index (Phi) is 5.44. The number of hydrogen-bond acceptors (Lipinski definition) is 3. The van der Waals surface area contributed by atoms with Gasteiger partial charge in [-0.3, -0.25) is 9.69 Å². The van der Waals surface area contributed by atoms with E-state index in [9.17, 15) is 4.79 Å². The van der Waals surface area contributed by atoms with Gasteiger partial charge in [-0.2, -0.15) is 0 Å². The van der Waals surface area contributed by atoms with Gasteiger partial charge in [0, 0.05) is 11.6 Å². The molecule has 2 N–H and O–H groups in total. The molecule has 0 aromatic rings. The molecule has 2 aliphatic rings. The maximum absolute atomic E-state index is 12.7. The second-order valence-electron chi connectivity index (χ2n) is 6.63. The normalized spacial score (nSPS) is 25.9. The summed E-state index contributed by atoms with van der Waals surface area (Å²) in [4.78, 5) is 15.1. The van der Waals surface area contributed by atoms with Gasteiger partial charge in [-0.1, -0.05) is 13.8 Å². The number of amides is 1. The molecule has 0 bridgehead atoms. The summed E-state index contributed by atoms with van der Waals surface area (Å²) >= 11 is 0. The molecule has 1 atom stereocenters. The van der Waals surface area contributed by atoms with Crippen molar-refractivity contribution in [2.24, 2.45) is 0 Å². The summed E-state index contributed by atoms with van der Waals surface area (Å²) in [5.74, 6) is 0.257. The molecular weight excluding hydrogens is 250 g/mol. The van der Waals surface area contributed by atoms with Crippen LogP contribution in [0.1, 0.15) is 59.3 Å². The lowest BCUT2D eigenvalue weighted by molar-refractivity contribution is -0.128. The van der Waals surface area contributed by atoms with Crippen molar-refractivity contribution >= 4 is 5.91 Å². The fourth-order valence-corrected chi connectivity index (χ4v) is 3.45. The molecule has 1 amide bonds. The molecule has 2 saturated heterocycles. The lowest BCUT2D eigenvalue weighted by atomic mass is 9.94. The van der Waals surface area contributed by atoms with Crippen molar-refractivity contribution in [2.45, 2.75) is 76.9 Å². The van der Waals surface area contributed by atoms with Gasteiger partial charge >= 0.3 is 0 Å². The Morgan fingerprint density at radius 2 is 1.90 bits per heavy atom. The third-order valence-electron chi connectivity index (χ3n) is 5.36. The van der Waals surface area contributed by atoms with Gasteiger partial charge in [-0.05, 0) is 65.1 Å². The number of piperidine rings is 1. The van der Waals surface area contributed by atoms with Crippen LogP contribution in [0.15, 0.2) is 0 Å². The average Bonchev–Trinajstić information content (AvgIpc) is 2.97. The standard InChI is InChI=1S/C16H31N3O/c1-4-16(3,5-2)18-15(20)14-7-6-12-19(14)13-8-10-17-11-9-13/h13-14,17H,4-12H2,1-3H3,(H,18,20). The van der Waals surface area contributed by atoms with Gasteiger partial charge in [0.05, 0.1) is 6.04 Å². The number of likely N-dealkylation sites (tertiary alicyclic amines) is 1. The van der Waals surface area contributed by atoms with Crippen LogP contribution in [0.3, 0.4) is 0 Å². The van der Waals surface area contributed by atoms with Gasteiger partial charge in [0.1, 0.15) is 0 Å². The van der Waals surface area contributed by atoms with E-state index in [2.05, 4.69) is 36.3 Å². The van der Waals surface area contributed by atoms with E-state index in [1.165, 1.54) is 12.8 Å². The zero-order valence-electron chi connectivity index (χ0n) is 13.4. The maximum Gasteiger partial charge on any atom is 0.237 e. The average molecular weight is 281 g/mol. The monoisotopic (exact) mass is 281 g/mol. The molecule has 20 heavy (non-hydrogen) atoms. The van der Waals surface area contributed by atoms with Gasteiger partial charge in [0.2, 0.25) is 5.91 Å². The number of carbonyl (C=O) groups excluding carboxylic acids is 1. The minimum absolute atomic E-state index is 0.0422. The molecule has 0 aliphatic carbocycles. The smallest absolute Gasteiger partial charge is 0.237 e. The van der Waals surface area contributed by atoms with Crippen molar-refractivity contribution in [3.8, 4) is 0 Å². The third-order valence-corrected chi connectivity index (χ3v) is 5.36. The minimum Gasteiger partial charge on any atom is -0.350 e. The van der Waals surface area contributed by atoms with Crippen molar-refractivity contribution in [1.29, 1.82) is 0 Å². The van der Waals surface area contributed by atoms with Crippen molar-refractivity contribution in [1.82, 2.24) is 15.5 Å². The Balaban J connectivity index is 1.97. The van der Waals surface area contributed by atoms with Crippen molar-refractivity contribution in [3.05, 3.63) is 0 Å². The van der Waals surface area contributed by atoms with Crippen LogP contribution in [0.5, 0.6) is 0 Å². The Labute approximate surface area is 123 Å². The van der Waals surface area contributed by atoms with E-state index in [-0.39, 0.29) is 17.5 Å². The van der Waals surface area contributed by atoms with Crippen LogP contribution in [-0.4, -0.2) is 48.1 Å². The molecule has 2 rings (SSSR count). The molecule has 0 aromatic heterocycles. The van der Waals surface area contributed by atoms with Crippen LogP contribution in [0.4, 0.5) is 0 Å². The summed E-state index contributed by atoms with van der Waals surface area (Å²) in [6, 6.07) is 0.708. The first-order chi connectivity index (χ1) is 9.59. The van der Waals surface area contributed by atoms with E-state index < -0.39 is 0 Å². The first kappa shape index (κ1) is 15.8. The summed E-state index contributed by atoms with van der Waals surface area (Å²) in [6.45, 7) is 9.76. The van der Waals surface area contributed by atoms with E-state index >= 15 is 0 Å². The molecule has 2 fully saturated rings. The Hall–Kier alpha value is -0.610. The highest BCUT2D eigenvalue weighted by Crippen LogP contribution is 2.25. The first-order valence-electron chi connectivity index (χ1n) is 8.38. The van der Waals surface area contributed by atoms with Crippen LogP contribution >= 0.6 is 0 Å². The molecule has 0 radical (unpaired) electrons. The van der Waals surface area contributed by atoms with Crippen LogP contribution in [-0.2, 0) is 4.79 Å². The van der Waals surface area contributed by atoms with Crippen molar-refractivity contribution < 1.29 is 4.79 Å². The fourth-order valence-electron chi connectivity index (χ4n) is 3.45. The minimum atomic E-state index is -0.0422. The maximum atomic E-state index is 12.7. The van der Waals surface area contributed by atoms with E-state index in [4.69, 9.17) is 0 Å². The summed E-state index contributed by atoms with van der Waals surface area (Å²) in [6.07, 6.45) is 6.55. The summed E-state index contributed by atoms with van der Waals surface area (Å²) in [7, 11) is 0. The van der Waals surface area contributed by atoms with E-state index in [0.717, 1.165) is 45.3 Å². The van der Waals surface area contributed by atoms with Crippen molar-refractivity contribution in [2.75, 3.05) is 19.6 Å². The highest BCUT2D eigenvalue weighted by Gasteiger charge is 2.37. The SMILES string of the molecule is CCC(C)(CC)NC(=O)C1CCCN1C1CCNCC1. The lowest BCUT2D eigenvalue weighted by Crippen LogP contribution is -2.55. The zero-order chi connectivity index (χ0) is 14.6. The molecule has 0 aromatic carbocycles. The van der Waals surface area contributed by atoms with Gasteiger partial charge in [0.15, 0.2) is 0 Å². The number of rotatable bonds is 5. The van der Waals surface area contributed by atoms with Gasteiger partial charge in [-0.25, -0.2) is 0 Å². The lowest BCUT2D eigenvalue weighted by Gasteiger charge is -2.37. The summed E-state index contributed by atoms with van der Waals surface area (Å²) in [5, 5.41) is 6.72. The topological polar surface area (TPSA) is 44.4 Å². The van der Waals surface area contributed by atoms with E-state index in [1.54, 1.807) is 0 Å². The predicted molar refractivity (Wildman–Crippen MR) is 82.7 cm³/mol. The Morgan fingerprint density at radius 3 is 2.50 bits per heavy atom. The number of carbonyl (C=O) groups is 1. The fraction of sp³-hybridized carbons (Fsp3) is 0.938. The molecule has 0 saturated carbocycles. The summed E-state index contributed by atoms with van der Waals surface area (Å²) < 4.78 is 0. The largest absolute Gasteiger partial charge is 0.350 e. The number of hydrogen-bond donors (Lipinski definition) is 2. The highest BCUT2D eigenvalue weighted by molar-refractivity contribution is 5.82. The molecule has 4 nitrogen and oxygen atoms in total. The van der Waals surface area contributed by atoms with Gasteiger partial charge in [0.25, 0.3) is 0 Å². The van der Waals surface area contributed by atoms with E-state index in [0.29, 0.717) is 6.04 Å². The number of nitrogens with one attached hydrogen (secondary N) is 2. The van der Waals surface area contributed by atoms with Crippen molar-refractivity contribution in [3.63, 3.8) is 0 Å². The van der Waals surface area contributed by atoms with Crippen LogP contribution in [0.25, 0.3) is 0 Å². The van der Waals surface area contributed by atoms with Crippen LogP contribution < -0.4 is 10.6 Å². The van der Waals surface area contributed by atoms with Crippen LogP contribution in [0.2, 0.25) is 0 Å². The zero-order valence-corrected chi connectivity index (χ0v) is 13.4. The molecule has 2 heterocycles. The molecule has 0 spiro atoms. The predicted octanol–water partition coefficient (Wildman–Crippen LogP) is 1.90. The highest BCUT2D eigenvalue weighted by atomic mass is 16.2. The molecular formula is C16H31N3O. The van der Waals surface area contributed by atoms with E-state index in [1.807, 2.05) is 0 Å². The Morgan fingerprint density at radius 1 is 1.25 bits per heavy atom. The second-order valence-corrected chi connectivity index (χ2v) is 6.63. The van der Waals surface area contributed by atoms with Gasteiger partial charge in [-0.15, -0.1) is 0 Å². The number of nitrogens with zero attached hydrogens (tertiary/aromatic N) is 1. The molecule has 2 aliphatic heterocycles.